The summed E-state index contributed by atoms with van der Waals surface area (Å²) in [4.78, 5) is 12.5. The Labute approximate surface area is 182 Å². The van der Waals surface area contributed by atoms with Crippen molar-refractivity contribution in [2.24, 2.45) is 17.8 Å². The lowest BCUT2D eigenvalue weighted by atomic mass is 9.97. The predicted molar refractivity (Wildman–Crippen MR) is 101 cm³/mol. The van der Waals surface area contributed by atoms with E-state index in [4.69, 9.17) is 4.74 Å². The molecule has 0 aromatic carbocycles. The average Bonchev–Trinajstić information content (AvgIpc) is 3.34. The molecule has 2 aliphatic carbocycles. The molecule has 6 nitrogen and oxygen atoms in total. The predicted octanol–water partition coefficient (Wildman–Crippen LogP) is 4.28. The molecule has 0 spiro atoms. The molecule has 1 fully saturated rings. The fourth-order valence-electron chi connectivity index (χ4n) is 4.06. The van der Waals surface area contributed by atoms with Crippen LogP contribution in [0.15, 0.2) is 12.2 Å². The highest BCUT2D eigenvalue weighted by molar-refractivity contribution is 8.09. The highest BCUT2D eigenvalue weighted by Gasteiger charge is 2.63. The average molecular weight is 515 g/mol. The van der Waals surface area contributed by atoms with Crippen LogP contribution in [0.25, 0.3) is 0 Å². The number of hydrogen-bond donors (Lipinski definition) is 0. The molecule has 3 atom stereocenters. The van der Waals surface area contributed by atoms with Gasteiger partial charge >= 0.3 is 17.0 Å². The van der Waals surface area contributed by atoms with Crippen LogP contribution in [-0.2, 0) is 29.2 Å². The molecule has 186 valence electrons. The van der Waals surface area contributed by atoms with Crippen LogP contribution in [0.4, 0.5) is 26.3 Å². The number of halogens is 6. The zero-order valence-electron chi connectivity index (χ0n) is 17.0. The molecule has 0 radical (unpaired) electrons. The minimum Gasteiger partial charge on any atom is -0.462 e. The van der Waals surface area contributed by atoms with Crippen LogP contribution in [0.2, 0.25) is 0 Å². The van der Waals surface area contributed by atoms with Gasteiger partial charge in [0.25, 0.3) is 19.7 Å². The van der Waals surface area contributed by atoms with E-state index in [0.717, 1.165) is 0 Å². The van der Waals surface area contributed by atoms with Crippen molar-refractivity contribution in [3.05, 3.63) is 12.2 Å². The van der Waals surface area contributed by atoms with Crippen LogP contribution in [0.1, 0.15) is 51.9 Å². The lowest BCUT2D eigenvalue weighted by Gasteiger charge is -2.29. The lowest BCUT2D eigenvalue weighted by Crippen LogP contribution is -2.47. The van der Waals surface area contributed by atoms with Crippen LogP contribution >= 0.6 is 0 Å². The zero-order chi connectivity index (χ0) is 24.5. The van der Waals surface area contributed by atoms with Crippen LogP contribution in [0.5, 0.6) is 0 Å². The first kappa shape index (κ1) is 26.9. The monoisotopic (exact) mass is 514 g/mol. The number of allylic oxidation sites excluding steroid dienone is 1. The van der Waals surface area contributed by atoms with Gasteiger partial charge in [0.2, 0.25) is 0 Å². The summed E-state index contributed by atoms with van der Waals surface area (Å²) in [5, 5.41) is 0. The third-order valence-electron chi connectivity index (χ3n) is 5.95. The van der Waals surface area contributed by atoms with E-state index >= 15 is 0 Å². The molecule has 2 rings (SSSR count). The minimum absolute atomic E-state index is 0.0430. The lowest BCUT2D eigenvalue weighted by molar-refractivity contribution is -0.155. The molecule has 0 heterocycles. The van der Waals surface area contributed by atoms with Gasteiger partial charge in [0.1, 0.15) is 6.10 Å². The molecule has 0 N–H and O–H groups in total. The number of sulfone groups is 2. The summed E-state index contributed by atoms with van der Waals surface area (Å²) in [6.07, 6.45) is 2.47. The van der Waals surface area contributed by atoms with E-state index in [1.165, 1.54) is 6.08 Å². The smallest absolute Gasteiger partial charge is 0.462 e. The molecule has 0 amide bonds. The maximum atomic E-state index is 13.1. The maximum absolute atomic E-state index is 13.1. The first-order valence-corrected chi connectivity index (χ1v) is 13.1. The highest BCUT2D eigenvalue weighted by Crippen LogP contribution is 2.41. The molecule has 0 aliphatic heterocycles. The van der Waals surface area contributed by atoms with Gasteiger partial charge in [-0.15, -0.1) is 0 Å². The summed E-state index contributed by atoms with van der Waals surface area (Å²) in [6.45, 7) is 1.86. The van der Waals surface area contributed by atoms with E-state index in [0.29, 0.717) is 25.7 Å². The van der Waals surface area contributed by atoms with E-state index in [2.05, 4.69) is 0 Å². The summed E-state index contributed by atoms with van der Waals surface area (Å²) >= 11 is 0. The quantitative estimate of drug-likeness (QED) is 0.273. The van der Waals surface area contributed by atoms with Gasteiger partial charge in [0, 0.05) is 6.42 Å². The molecule has 3 unspecified atom stereocenters. The second-order valence-corrected chi connectivity index (χ2v) is 12.6. The molecular weight excluding hydrogens is 490 g/mol. The Morgan fingerprint density at radius 1 is 0.969 bits per heavy atom. The Balaban J connectivity index is 2.40. The number of alkyl halides is 6. The number of carbonyl (C=O) groups is 1. The van der Waals surface area contributed by atoms with Gasteiger partial charge in [-0.2, -0.15) is 26.3 Å². The maximum Gasteiger partial charge on any atom is 0.498 e. The Kier molecular flexibility index (Phi) is 8.01. The second-order valence-electron chi connectivity index (χ2n) is 8.06. The SMILES string of the molecule is CCC1C=CC(C(=O)OC(CC(S(=O)(=O)C(F)(F)F)S(=O)(=O)C(F)(F)F)C2CCCC2)C1. The van der Waals surface area contributed by atoms with Crippen LogP contribution in [0.3, 0.4) is 0 Å². The summed E-state index contributed by atoms with van der Waals surface area (Å²) < 4.78 is 127. The van der Waals surface area contributed by atoms with Crippen LogP contribution in [-0.4, -0.2) is 44.5 Å². The van der Waals surface area contributed by atoms with E-state index in [-0.39, 0.29) is 18.8 Å². The van der Waals surface area contributed by atoms with Crippen molar-refractivity contribution in [3.8, 4) is 0 Å². The van der Waals surface area contributed by atoms with Crippen molar-refractivity contribution >= 4 is 25.6 Å². The van der Waals surface area contributed by atoms with Crippen molar-refractivity contribution < 1.29 is 52.7 Å². The molecule has 0 saturated heterocycles. The van der Waals surface area contributed by atoms with Crippen molar-refractivity contribution in [3.63, 3.8) is 0 Å². The van der Waals surface area contributed by atoms with Crippen molar-refractivity contribution in [2.45, 2.75) is 73.6 Å². The number of ether oxygens (including phenoxy) is 1. The first-order valence-electron chi connectivity index (χ1n) is 10.0. The number of rotatable bonds is 8. The molecule has 0 bridgehead atoms. The number of carbonyl (C=O) groups excluding carboxylic acids is 1. The Bertz CT molecular complexity index is 873. The first-order chi connectivity index (χ1) is 14.5. The fraction of sp³-hybridized carbons (Fsp3) is 0.833. The van der Waals surface area contributed by atoms with Gasteiger partial charge in [0.15, 0.2) is 4.58 Å². The van der Waals surface area contributed by atoms with Crippen molar-refractivity contribution in [1.82, 2.24) is 0 Å². The summed E-state index contributed by atoms with van der Waals surface area (Å²) in [7, 11) is -13.6. The largest absolute Gasteiger partial charge is 0.498 e. The summed E-state index contributed by atoms with van der Waals surface area (Å²) in [6, 6.07) is 0. The van der Waals surface area contributed by atoms with Crippen molar-refractivity contribution in [2.75, 3.05) is 0 Å². The Hall–Kier alpha value is -1.31. The van der Waals surface area contributed by atoms with Gasteiger partial charge in [-0.05, 0) is 37.5 Å². The molecular formula is C18H24F6O6S2. The molecule has 32 heavy (non-hydrogen) atoms. The third-order valence-corrected chi connectivity index (χ3v) is 10.5. The minimum atomic E-state index is -6.78. The molecule has 14 heteroatoms. The van der Waals surface area contributed by atoms with E-state index < -0.39 is 65.6 Å². The zero-order valence-corrected chi connectivity index (χ0v) is 18.7. The van der Waals surface area contributed by atoms with Gasteiger partial charge in [-0.3, -0.25) is 4.79 Å². The normalized spacial score (nSPS) is 24.2. The Morgan fingerprint density at radius 3 is 1.88 bits per heavy atom. The summed E-state index contributed by atoms with van der Waals surface area (Å²) in [5.74, 6) is -2.43. The molecule has 0 aromatic heterocycles. The second kappa shape index (κ2) is 9.51. The molecule has 1 saturated carbocycles. The number of esters is 1. The van der Waals surface area contributed by atoms with Crippen LogP contribution in [0, 0.1) is 17.8 Å². The van der Waals surface area contributed by atoms with Gasteiger partial charge in [0.05, 0.1) is 5.92 Å². The van der Waals surface area contributed by atoms with Gasteiger partial charge in [-0.1, -0.05) is 31.9 Å². The third kappa shape index (κ3) is 5.60. The van der Waals surface area contributed by atoms with Gasteiger partial charge in [-0.25, -0.2) is 16.8 Å². The number of hydrogen-bond acceptors (Lipinski definition) is 6. The fourth-order valence-corrected chi connectivity index (χ4v) is 7.53. The van der Waals surface area contributed by atoms with E-state index in [1.54, 1.807) is 6.08 Å². The van der Waals surface area contributed by atoms with Crippen molar-refractivity contribution in [1.29, 1.82) is 0 Å². The van der Waals surface area contributed by atoms with Gasteiger partial charge < -0.3 is 4.74 Å². The van der Waals surface area contributed by atoms with E-state index in [9.17, 15) is 48.0 Å². The molecule has 0 aromatic rings. The van der Waals surface area contributed by atoms with Crippen LogP contribution < -0.4 is 0 Å². The topological polar surface area (TPSA) is 94.6 Å². The highest BCUT2D eigenvalue weighted by atomic mass is 32.3. The molecule has 2 aliphatic rings. The Morgan fingerprint density at radius 2 is 1.47 bits per heavy atom. The standard InChI is InChI=1S/C18H24F6O6S2/c1-2-11-7-8-13(9-11)16(25)30-14(12-5-3-4-6-12)10-15(31(26,27)17(19,20)21)32(28,29)18(22,23)24/h7-8,11-15H,2-6,9-10H2,1H3. The summed E-state index contributed by atoms with van der Waals surface area (Å²) in [5.41, 5.74) is -12.5. The van der Waals surface area contributed by atoms with E-state index in [1.807, 2.05) is 6.92 Å².